The van der Waals surface area contributed by atoms with Crippen LogP contribution in [0.25, 0.3) is 0 Å². The van der Waals surface area contributed by atoms with Gasteiger partial charge in [0, 0.05) is 18.7 Å². The average Bonchev–Trinajstić information content (AvgIpc) is 2.59. The average molecular weight is 317 g/mol. The second-order valence-electron chi connectivity index (χ2n) is 7.00. The molecule has 0 aromatic heterocycles. The SMILES string of the molecule is CCCCCCc1ccc(C(=O)C(C)(C)N2CCOCC2)cc1. The Morgan fingerprint density at radius 3 is 2.35 bits per heavy atom. The van der Waals surface area contributed by atoms with E-state index in [2.05, 4.69) is 24.0 Å². The van der Waals surface area contributed by atoms with E-state index in [0.29, 0.717) is 13.2 Å². The molecule has 0 unspecified atom stereocenters. The molecule has 0 amide bonds. The Hall–Kier alpha value is -1.19. The second-order valence-corrected chi connectivity index (χ2v) is 7.00. The monoisotopic (exact) mass is 317 g/mol. The van der Waals surface area contributed by atoms with Crippen LogP contribution in [0.5, 0.6) is 0 Å². The zero-order valence-corrected chi connectivity index (χ0v) is 14.9. The van der Waals surface area contributed by atoms with Crippen molar-refractivity contribution in [1.82, 2.24) is 4.90 Å². The van der Waals surface area contributed by atoms with Crippen LogP contribution >= 0.6 is 0 Å². The lowest BCUT2D eigenvalue weighted by molar-refractivity contribution is -0.00429. The highest BCUT2D eigenvalue weighted by molar-refractivity contribution is 6.02. The molecule has 2 rings (SSSR count). The summed E-state index contributed by atoms with van der Waals surface area (Å²) in [5.74, 6) is 0.205. The number of unbranched alkanes of at least 4 members (excludes halogenated alkanes) is 3. The van der Waals surface area contributed by atoms with Crippen LogP contribution in [0.2, 0.25) is 0 Å². The number of nitrogens with zero attached hydrogens (tertiary/aromatic N) is 1. The fourth-order valence-corrected chi connectivity index (χ4v) is 3.20. The van der Waals surface area contributed by atoms with Gasteiger partial charge in [-0.05, 0) is 32.3 Å². The standard InChI is InChI=1S/C20H31NO2/c1-4-5-6-7-8-17-9-11-18(12-10-17)19(22)20(2,3)21-13-15-23-16-14-21/h9-12H,4-8,13-16H2,1-3H3. The third kappa shape index (κ3) is 4.89. The molecule has 0 spiro atoms. The van der Waals surface area contributed by atoms with E-state index in [4.69, 9.17) is 4.74 Å². The van der Waals surface area contributed by atoms with E-state index in [1.165, 1.54) is 31.2 Å². The van der Waals surface area contributed by atoms with Crippen LogP contribution in [0.1, 0.15) is 62.4 Å². The summed E-state index contributed by atoms with van der Waals surface area (Å²) in [4.78, 5) is 15.1. The number of rotatable bonds is 8. The van der Waals surface area contributed by atoms with Gasteiger partial charge in [0.25, 0.3) is 0 Å². The molecule has 1 heterocycles. The fraction of sp³-hybridized carbons (Fsp3) is 0.650. The number of hydrogen-bond acceptors (Lipinski definition) is 3. The molecule has 1 aromatic rings. The first kappa shape index (κ1) is 18.2. The largest absolute Gasteiger partial charge is 0.379 e. The zero-order valence-electron chi connectivity index (χ0n) is 14.9. The van der Waals surface area contributed by atoms with Crippen molar-refractivity contribution in [3.63, 3.8) is 0 Å². The lowest BCUT2D eigenvalue weighted by Crippen LogP contribution is -2.54. The molecule has 3 nitrogen and oxygen atoms in total. The molecule has 3 heteroatoms. The van der Waals surface area contributed by atoms with Gasteiger partial charge >= 0.3 is 0 Å². The van der Waals surface area contributed by atoms with E-state index in [0.717, 1.165) is 25.1 Å². The molecule has 1 fully saturated rings. The van der Waals surface area contributed by atoms with Gasteiger partial charge in [0.1, 0.15) is 0 Å². The molecule has 0 radical (unpaired) electrons. The Morgan fingerprint density at radius 1 is 1.09 bits per heavy atom. The molecule has 1 saturated heterocycles. The fourth-order valence-electron chi connectivity index (χ4n) is 3.20. The summed E-state index contributed by atoms with van der Waals surface area (Å²) < 4.78 is 5.40. The maximum absolute atomic E-state index is 12.9. The number of ketones is 1. The molecule has 0 atom stereocenters. The third-order valence-electron chi connectivity index (χ3n) is 4.89. The van der Waals surface area contributed by atoms with E-state index in [1.807, 2.05) is 26.0 Å². The molecular formula is C20H31NO2. The molecule has 1 aliphatic rings. The summed E-state index contributed by atoms with van der Waals surface area (Å²) in [5, 5.41) is 0. The molecule has 0 saturated carbocycles. The number of morpholine rings is 1. The number of carbonyl (C=O) groups excluding carboxylic acids is 1. The Labute approximate surface area is 141 Å². The second kappa shape index (κ2) is 8.60. The Morgan fingerprint density at radius 2 is 1.74 bits per heavy atom. The lowest BCUT2D eigenvalue weighted by Gasteiger charge is -2.39. The highest BCUT2D eigenvalue weighted by atomic mass is 16.5. The van der Waals surface area contributed by atoms with Crippen LogP contribution in [0, 0.1) is 0 Å². The number of carbonyl (C=O) groups is 1. The van der Waals surface area contributed by atoms with Gasteiger partial charge in [0.05, 0.1) is 18.8 Å². The van der Waals surface area contributed by atoms with Crippen molar-refractivity contribution >= 4 is 5.78 Å². The summed E-state index contributed by atoms with van der Waals surface area (Å²) in [6.45, 7) is 9.37. The minimum atomic E-state index is -0.466. The molecule has 1 aromatic carbocycles. The van der Waals surface area contributed by atoms with E-state index < -0.39 is 5.54 Å². The summed E-state index contributed by atoms with van der Waals surface area (Å²) >= 11 is 0. The van der Waals surface area contributed by atoms with Gasteiger partial charge < -0.3 is 4.74 Å². The number of Topliss-reactive ketones (excluding diaryl/α,β-unsaturated/α-hetero) is 1. The smallest absolute Gasteiger partial charge is 0.182 e. The minimum Gasteiger partial charge on any atom is -0.379 e. The minimum absolute atomic E-state index is 0.205. The van der Waals surface area contributed by atoms with Crippen LogP contribution < -0.4 is 0 Å². The van der Waals surface area contributed by atoms with Crippen LogP contribution in [0.15, 0.2) is 24.3 Å². The van der Waals surface area contributed by atoms with Crippen molar-refractivity contribution in [3.05, 3.63) is 35.4 Å². The first-order valence-corrected chi connectivity index (χ1v) is 9.02. The van der Waals surface area contributed by atoms with Crippen molar-refractivity contribution in [2.45, 2.75) is 58.4 Å². The molecule has 128 valence electrons. The maximum Gasteiger partial charge on any atom is 0.182 e. The lowest BCUT2D eigenvalue weighted by atomic mass is 9.90. The van der Waals surface area contributed by atoms with Gasteiger partial charge in [-0.3, -0.25) is 9.69 Å². The van der Waals surface area contributed by atoms with Crippen LogP contribution in [0.3, 0.4) is 0 Å². The molecule has 0 bridgehead atoms. The quantitative estimate of drug-likeness (QED) is 0.534. The van der Waals surface area contributed by atoms with Crippen molar-refractivity contribution < 1.29 is 9.53 Å². The van der Waals surface area contributed by atoms with Crippen LogP contribution in [0.4, 0.5) is 0 Å². The summed E-state index contributed by atoms with van der Waals surface area (Å²) in [5.41, 5.74) is 1.69. The van der Waals surface area contributed by atoms with Gasteiger partial charge in [-0.25, -0.2) is 0 Å². The predicted molar refractivity (Wildman–Crippen MR) is 95.1 cm³/mol. The molecule has 1 aliphatic heterocycles. The molecule has 23 heavy (non-hydrogen) atoms. The number of hydrogen-bond donors (Lipinski definition) is 0. The van der Waals surface area contributed by atoms with E-state index in [1.54, 1.807) is 0 Å². The van der Waals surface area contributed by atoms with Crippen LogP contribution in [-0.2, 0) is 11.2 Å². The van der Waals surface area contributed by atoms with E-state index >= 15 is 0 Å². The summed E-state index contributed by atoms with van der Waals surface area (Å²) in [7, 11) is 0. The highest BCUT2D eigenvalue weighted by Crippen LogP contribution is 2.22. The van der Waals surface area contributed by atoms with Gasteiger partial charge in [-0.15, -0.1) is 0 Å². The Kier molecular flexibility index (Phi) is 6.79. The zero-order chi connectivity index (χ0) is 16.7. The van der Waals surface area contributed by atoms with Crippen LogP contribution in [-0.4, -0.2) is 42.5 Å². The Bertz CT molecular complexity index is 487. The Balaban J connectivity index is 1.96. The normalized spacial score (nSPS) is 16.5. The molecular weight excluding hydrogens is 286 g/mol. The van der Waals surface area contributed by atoms with Crippen molar-refractivity contribution in [3.8, 4) is 0 Å². The van der Waals surface area contributed by atoms with E-state index in [-0.39, 0.29) is 5.78 Å². The first-order valence-electron chi connectivity index (χ1n) is 9.02. The predicted octanol–water partition coefficient (Wildman–Crippen LogP) is 4.10. The summed E-state index contributed by atoms with van der Waals surface area (Å²) in [6.07, 6.45) is 6.22. The number of aryl methyl sites for hydroxylation is 1. The number of ether oxygens (including phenoxy) is 1. The molecule has 0 aliphatic carbocycles. The van der Waals surface area contributed by atoms with Gasteiger partial charge in [-0.2, -0.15) is 0 Å². The van der Waals surface area contributed by atoms with Gasteiger partial charge in [-0.1, -0.05) is 50.5 Å². The van der Waals surface area contributed by atoms with Gasteiger partial charge in [0.15, 0.2) is 5.78 Å². The molecule has 0 N–H and O–H groups in total. The van der Waals surface area contributed by atoms with Crippen molar-refractivity contribution in [1.29, 1.82) is 0 Å². The van der Waals surface area contributed by atoms with Crippen molar-refractivity contribution in [2.24, 2.45) is 0 Å². The highest BCUT2D eigenvalue weighted by Gasteiger charge is 2.35. The summed E-state index contributed by atoms with van der Waals surface area (Å²) in [6, 6.07) is 8.24. The maximum atomic E-state index is 12.9. The van der Waals surface area contributed by atoms with Crippen molar-refractivity contribution in [2.75, 3.05) is 26.3 Å². The topological polar surface area (TPSA) is 29.5 Å². The van der Waals surface area contributed by atoms with Gasteiger partial charge in [0.2, 0.25) is 0 Å². The third-order valence-corrected chi connectivity index (χ3v) is 4.89. The first-order chi connectivity index (χ1) is 11.1. The number of benzene rings is 1. The van der Waals surface area contributed by atoms with E-state index in [9.17, 15) is 4.79 Å².